The fourth-order valence-corrected chi connectivity index (χ4v) is 18.8. The van der Waals surface area contributed by atoms with E-state index in [1.807, 2.05) is 13.1 Å². The normalized spacial score (nSPS) is 34.0. The van der Waals surface area contributed by atoms with E-state index in [2.05, 4.69) is 104 Å². The summed E-state index contributed by atoms with van der Waals surface area (Å²) in [6, 6.07) is 32.4. The molecule has 1 radical (unpaired) electrons. The van der Waals surface area contributed by atoms with E-state index < -0.39 is 7.14 Å². The second-order valence-electron chi connectivity index (χ2n) is 17.6. The first kappa shape index (κ1) is 34.8. The van der Waals surface area contributed by atoms with Crippen LogP contribution in [0.1, 0.15) is 93.7 Å². The van der Waals surface area contributed by atoms with E-state index in [4.69, 9.17) is 0 Å². The number of aromatic nitrogens is 1. The zero-order chi connectivity index (χ0) is 33.4. The van der Waals surface area contributed by atoms with Crippen LogP contribution in [0, 0.1) is 68.4 Å². The molecular weight excluding hydrogens is 806 g/mol. The Hall–Kier alpha value is -2.31. The van der Waals surface area contributed by atoms with Crippen molar-refractivity contribution in [2.75, 3.05) is 0 Å². The van der Waals surface area contributed by atoms with E-state index in [0.717, 1.165) is 52.3 Å². The first-order chi connectivity index (χ1) is 23.7. The summed E-state index contributed by atoms with van der Waals surface area (Å²) in [5, 5.41) is 1.43. The third kappa shape index (κ3) is 5.78. The molecule has 2 nitrogen and oxygen atoms in total. The van der Waals surface area contributed by atoms with Crippen molar-refractivity contribution in [1.82, 2.24) is 4.98 Å². The van der Waals surface area contributed by atoms with E-state index in [-0.39, 0.29) is 30.4 Å². The zero-order valence-electron chi connectivity index (χ0n) is 30.1. The molecule has 8 saturated carbocycles. The maximum atomic E-state index is 15.9. The summed E-state index contributed by atoms with van der Waals surface area (Å²) in [4.78, 5) is 4.50. The topological polar surface area (TPSA) is 30.0 Å². The van der Waals surface area contributed by atoms with Crippen molar-refractivity contribution >= 4 is 12.4 Å². The van der Waals surface area contributed by atoms with Crippen molar-refractivity contribution in [3.8, 4) is 22.4 Å². The number of hydrogen-bond acceptors (Lipinski definition) is 2. The number of pyridine rings is 1. The van der Waals surface area contributed by atoms with Crippen LogP contribution in [-0.2, 0) is 24.7 Å². The van der Waals surface area contributed by atoms with Gasteiger partial charge in [0.25, 0.3) is 0 Å². The van der Waals surface area contributed by atoms with Crippen molar-refractivity contribution < 1.29 is 24.7 Å². The first-order valence-corrected chi connectivity index (χ1v) is 21.0. The molecule has 0 spiro atoms. The Morgan fingerprint density at radius 3 is 1.58 bits per heavy atom. The molecule has 263 valence electrons. The standard InChI is InChI=1S/C26H34OP.C20H18N.Ir/c27-28(24-4-2-1-3-5-24,25-12-18-6-19(13-25)8-20(7-18)14-25)26-15-21-9-22(16-26)11-23(10-21)17-26;1-14-10-11-19(21-13-14)17-8-5-9-18(12-17)20-15(2)6-4-7-16(20)3;/h1-4,18-23H,6-17H2;4-11,13H,1-3H3;/q2*-1;. The van der Waals surface area contributed by atoms with E-state index in [1.54, 1.807) is 0 Å². The van der Waals surface area contributed by atoms with Gasteiger partial charge in [0.1, 0.15) is 7.14 Å². The third-order valence-electron chi connectivity index (χ3n) is 14.1. The average Bonchev–Trinajstić information content (AvgIpc) is 3.08. The van der Waals surface area contributed by atoms with Crippen LogP contribution in [0.5, 0.6) is 0 Å². The third-order valence-corrected chi connectivity index (χ3v) is 18.8. The van der Waals surface area contributed by atoms with E-state index in [9.17, 15) is 0 Å². The molecule has 8 bridgehead atoms. The molecule has 0 N–H and O–H groups in total. The maximum absolute atomic E-state index is 15.9. The van der Waals surface area contributed by atoms with Gasteiger partial charge in [-0.3, -0.25) is 4.98 Å². The van der Waals surface area contributed by atoms with Crippen LogP contribution in [0.3, 0.4) is 0 Å². The van der Waals surface area contributed by atoms with Gasteiger partial charge in [-0.1, -0.05) is 52.6 Å². The van der Waals surface area contributed by atoms with Crippen molar-refractivity contribution in [3.05, 3.63) is 108 Å². The Morgan fingerprint density at radius 1 is 0.620 bits per heavy atom. The SMILES string of the molecule is Cc1ccc(-c2[c-]c(-c3c(C)cccc3C)ccc2)nc1.O=P(c1[c-]cccc1)(C12CC3CC(CC(C3)C1)C2)C12CC3CC(CC(C3)C1)C2.[Ir]. The van der Waals surface area contributed by atoms with Gasteiger partial charge in [-0.15, -0.1) is 35.1 Å². The van der Waals surface area contributed by atoms with Gasteiger partial charge in [-0.2, -0.15) is 30.3 Å². The summed E-state index contributed by atoms with van der Waals surface area (Å²) in [5.74, 6) is 5.23. The Balaban J connectivity index is 0.000000148. The molecule has 0 aliphatic heterocycles. The fraction of sp³-hybridized carbons (Fsp3) is 0.500. The summed E-state index contributed by atoms with van der Waals surface area (Å²) in [5.41, 5.74) is 8.13. The molecule has 0 unspecified atom stereocenters. The smallest absolute Gasteiger partial charge is 0.104 e. The Morgan fingerprint density at radius 2 is 1.12 bits per heavy atom. The predicted molar refractivity (Wildman–Crippen MR) is 202 cm³/mol. The van der Waals surface area contributed by atoms with Crippen molar-refractivity contribution in [1.29, 1.82) is 0 Å². The number of hydrogen-bond donors (Lipinski definition) is 0. The number of aryl methyl sites for hydroxylation is 3. The van der Waals surface area contributed by atoms with Gasteiger partial charge in [0.2, 0.25) is 0 Å². The second kappa shape index (κ2) is 13.3. The molecule has 50 heavy (non-hydrogen) atoms. The minimum absolute atomic E-state index is 0. The van der Waals surface area contributed by atoms with Crippen molar-refractivity contribution in [3.63, 3.8) is 0 Å². The molecule has 1 aromatic heterocycles. The Bertz CT molecular complexity index is 1760. The van der Waals surface area contributed by atoms with Crippen LogP contribution >= 0.6 is 7.14 Å². The number of rotatable bonds is 5. The van der Waals surface area contributed by atoms with Gasteiger partial charge in [0, 0.05) is 42.3 Å². The summed E-state index contributed by atoms with van der Waals surface area (Å²) in [7, 11) is -2.53. The van der Waals surface area contributed by atoms with Crippen LogP contribution in [0.15, 0.2) is 79.0 Å². The summed E-state index contributed by atoms with van der Waals surface area (Å²) in [6.07, 6.45) is 18.2. The van der Waals surface area contributed by atoms with Crippen LogP contribution in [-0.4, -0.2) is 15.3 Å². The molecule has 1 heterocycles. The molecule has 0 amide bonds. The molecule has 8 aliphatic rings. The van der Waals surface area contributed by atoms with Gasteiger partial charge >= 0.3 is 0 Å². The summed E-state index contributed by atoms with van der Waals surface area (Å²) >= 11 is 0. The van der Waals surface area contributed by atoms with Gasteiger partial charge in [0.15, 0.2) is 0 Å². The summed E-state index contributed by atoms with van der Waals surface area (Å²) < 4.78 is 15.9. The van der Waals surface area contributed by atoms with Crippen molar-refractivity contribution in [2.24, 2.45) is 35.5 Å². The molecule has 12 rings (SSSR count). The molecular formula is C46H52IrNOP-2. The van der Waals surface area contributed by atoms with Crippen LogP contribution in [0.2, 0.25) is 0 Å². The fourth-order valence-electron chi connectivity index (χ4n) is 13.1. The minimum atomic E-state index is -2.53. The van der Waals surface area contributed by atoms with Gasteiger partial charge in [-0.05, 0) is 139 Å². The largest absolute Gasteiger partial charge is 0.320 e. The van der Waals surface area contributed by atoms with Gasteiger partial charge in [-0.25, -0.2) is 0 Å². The molecule has 8 fully saturated rings. The number of nitrogens with zero attached hydrogens (tertiary/aromatic N) is 1. The molecule has 0 saturated heterocycles. The van der Waals surface area contributed by atoms with Gasteiger partial charge in [0.05, 0.1) is 0 Å². The van der Waals surface area contributed by atoms with E-state index in [0.29, 0.717) is 0 Å². The minimum Gasteiger partial charge on any atom is -0.320 e. The molecule has 4 heteroatoms. The van der Waals surface area contributed by atoms with Crippen LogP contribution in [0.4, 0.5) is 0 Å². The second-order valence-corrected chi connectivity index (χ2v) is 21.2. The monoisotopic (exact) mass is 858 g/mol. The molecule has 0 atom stereocenters. The summed E-state index contributed by atoms with van der Waals surface area (Å²) in [6.45, 7) is 6.34. The van der Waals surface area contributed by atoms with Crippen LogP contribution < -0.4 is 5.30 Å². The Kier molecular flexibility index (Phi) is 9.23. The molecule has 3 aromatic carbocycles. The number of benzene rings is 3. The molecule has 8 aliphatic carbocycles. The maximum Gasteiger partial charge on any atom is 0.104 e. The zero-order valence-corrected chi connectivity index (χ0v) is 33.4. The van der Waals surface area contributed by atoms with E-state index >= 15 is 4.57 Å². The van der Waals surface area contributed by atoms with E-state index in [1.165, 1.54) is 105 Å². The van der Waals surface area contributed by atoms with Crippen molar-refractivity contribution in [2.45, 2.75) is 108 Å². The predicted octanol–water partition coefficient (Wildman–Crippen LogP) is 11.6. The van der Waals surface area contributed by atoms with Crippen LogP contribution in [0.25, 0.3) is 22.4 Å². The quantitative estimate of drug-likeness (QED) is 0.148. The first-order valence-electron chi connectivity index (χ1n) is 19.3. The Labute approximate surface area is 314 Å². The molecule has 4 aromatic rings. The van der Waals surface area contributed by atoms with Gasteiger partial charge < -0.3 is 4.57 Å². The average molecular weight is 858 g/mol.